The molecule has 39 heavy (non-hydrogen) atoms. The van der Waals surface area contributed by atoms with Gasteiger partial charge in [0.25, 0.3) is 10.0 Å². The van der Waals surface area contributed by atoms with Crippen LogP contribution in [0.2, 0.25) is 0 Å². The number of nitrogens with zero attached hydrogens (tertiary/aromatic N) is 4. The van der Waals surface area contributed by atoms with Crippen molar-refractivity contribution in [1.82, 2.24) is 14.7 Å². The molecule has 0 aliphatic carbocycles. The van der Waals surface area contributed by atoms with E-state index < -0.39 is 21.4 Å². The van der Waals surface area contributed by atoms with E-state index in [1.807, 2.05) is 32.3 Å². The lowest BCUT2D eigenvalue weighted by Crippen LogP contribution is -2.31. The Morgan fingerprint density at radius 3 is 2.41 bits per heavy atom. The van der Waals surface area contributed by atoms with Crippen molar-refractivity contribution >= 4 is 32.7 Å². The molecule has 2 heterocycles. The van der Waals surface area contributed by atoms with Gasteiger partial charge in [0.05, 0.1) is 33.9 Å². The molecule has 2 aromatic heterocycles. The molecule has 0 atom stereocenters. The fourth-order valence-electron chi connectivity index (χ4n) is 4.34. The maximum atomic E-state index is 13.8. The molecule has 0 unspecified atom stereocenters. The van der Waals surface area contributed by atoms with E-state index in [0.717, 1.165) is 18.6 Å². The number of esters is 1. The first-order valence-corrected chi connectivity index (χ1v) is 14.1. The van der Waals surface area contributed by atoms with Gasteiger partial charge in [-0.2, -0.15) is 0 Å². The molecule has 2 aromatic carbocycles. The second-order valence-electron chi connectivity index (χ2n) is 10.4. The summed E-state index contributed by atoms with van der Waals surface area (Å²) in [6, 6.07) is 9.79. The summed E-state index contributed by atoms with van der Waals surface area (Å²) in [5.74, 6) is 0.280. The number of rotatable bonds is 9. The average Bonchev–Trinajstić information content (AvgIpc) is 3.34. The number of sulfonamides is 1. The third-order valence-corrected chi connectivity index (χ3v) is 7.95. The fourth-order valence-corrected chi connectivity index (χ4v) is 5.76. The van der Waals surface area contributed by atoms with Crippen LogP contribution in [0.3, 0.4) is 0 Å². The zero-order chi connectivity index (χ0) is 28.5. The second-order valence-corrected chi connectivity index (χ2v) is 12.3. The number of carbonyl (C=O) groups is 1. The van der Waals surface area contributed by atoms with Gasteiger partial charge in [0, 0.05) is 12.0 Å². The predicted molar refractivity (Wildman–Crippen MR) is 145 cm³/mol. The Morgan fingerprint density at radius 2 is 1.82 bits per heavy atom. The minimum Gasteiger partial charge on any atom is -0.459 e. The minimum absolute atomic E-state index is 0.0148. The van der Waals surface area contributed by atoms with Crippen molar-refractivity contribution in [1.29, 1.82) is 0 Å². The highest BCUT2D eigenvalue weighted by Gasteiger charge is 2.29. The molecule has 0 bridgehead atoms. The highest BCUT2D eigenvalue weighted by Crippen LogP contribution is 2.31. The third kappa shape index (κ3) is 6.13. The fraction of sp³-hybridized carbons (Fsp3) is 0.393. The maximum absolute atomic E-state index is 13.8. The molecule has 0 amide bonds. The zero-order valence-electron chi connectivity index (χ0n) is 23.0. The Bertz CT molecular complexity index is 1580. The number of benzene rings is 2. The minimum atomic E-state index is -4.11. The molecule has 208 valence electrons. The molecule has 9 nitrogen and oxygen atoms in total. The highest BCUT2D eigenvalue weighted by molar-refractivity contribution is 7.92. The van der Waals surface area contributed by atoms with E-state index in [1.165, 1.54) is 16.4 Å². The van der Waals surface area contributed by atoms with E-state index >= 15 is 0 Å². The summed E-state index contributed by atoms with van der Waals surface area (Å²) in [7, 11) is -4.11. The number of halogens is 1. The molecule has 4 aromatic rings. The van der Waals surface area contributed by atoms with Crippen molar-refractivity contribution in [3.05, 3.63) is 71.1 Å². The summed E-state index contributed by atoms with van der Waals surface area (Å²) in [4.78, 5) is 17.3. The quantitative estimate of drug-likeness (QED) is 0.252. The summed E-state index contributed by atoms with van der Waals surface area (Å²) < 4.78 is 55.1. The maximum Gasteiger partial charge on any atom is 0.326 e. The number of aryl methyl sites for hydroxylation is 3. The van der Waals surface area contributed by atoms with Gasteiger partial charge in [0.2, 0.25) is 0 Å². The normalized spacial score (nSPS) is 12.2. The van der Waals surface area contributed by atoms with Crippen LogP contribution >= 0.6 is 0 Å². The van der Waals surface area contributed by atoms with Crippen molar-refractivity contribution < 1.29 is 26.9 Å². The number of ether oxygens (including phenoxy) is 1. The van der Waals surface area contributed by atoms with Crippen molar-refractivity contribution in [3.63, 3.8) is 0 Å². The molecule has 0 spiro atoms. The Morgan fingerprint density at radius 1 is 1.13 bits per heavy atom. The molecule has 0 N–H and O–H groups in total. The molecule has 0 radical (unpaired) electrons. The Balaban J connectivity index is 1.82. The van der Waals surface area contributed by atoms with Crippen LogP contribution in [-0.4, -0.2) is 34.7 Å². The largest absolute Gasteiger partial charge is 0.459 e. The Hall–Kier alpha value is -3.73. The first kappa shape index (κ1) is 28.3. The van der Waals surface area contributed by atoms with Crippen molar-refractivity contribution in [2.24, 2.45) is 0 Å². The number of carbonyl (C=O) groups excluding carboxylic acids is 1. The van der Waals surface area contributed by atoms with Crippen LogP contribution in [0, 0.1) is 19.7 Å². The van der Waals surface area contributed by atoms with Crippen LogP contribution in [-0.2, 0) is 39.1 Å². The molecule has 0 saturated heterocycles. The van der Waals surface area contributed by atoms with Gasteiger partial charge < -0.3 is 13.8 Å². The third-order valence-electron chi connectivity index (χ3n) is 6.16. The number of aromatic nitrogens is 3. The van der Waals surface area contributed by atoms with E-state index in [1.54, 1.807) is 32.0 Å². The summed E-state index contributed by atoms with van der Waals surface area (Å²) in [5.41, 5.74) is 2.15. The molecular formula is C28H33FN4O5S. The summed E-state index contributed by atoms with van der Waals surface area (Å²) in [6.07, 6.45) is 1.44. The van der Waals surface area contributed by atoms with Crippen LogP contribution in [0.25, 0.3) is 11.0 Å². The van der Waals surface area contributed by atoms with Crippen LogP contribution in [0.4, 0.5) is 10.1 Å². The molecule has 4 rings (SSSR count). The SMILES string of the molecule is CCCc1nc2cc(N(Cc3c(C)noc3C)S(=O)(=O)c3ccc(F)cc3)ccc2n1CC(=O)OC(C)(C)C. The van der Waals surface area contributed by atoms with Crippen LogP contribution in [0.1, 0.15) is 57.0 Å². The first-order chi connectivity index (χ1) is 18.3. The van der Waals surface area contributed by atoms with Gasteiger partial charge in [0.15, 0.2) is 0 Å². The highest BCUT2D eigenvalue weighted by atomic mass is 32.2. The predicted octanol–water partition coefficient (Wildman–Crippen LogP) is 5.47. The smallest absolute Gasteiger partial charge is 0.326 e. The van der Waals surface area contributed by atoms with Crippen LogP contribution in [0.15, 0.2) is 51.9 Å². The summed E-state index contributed by atoms with van der Waals surface area (Å²) in [6.45, 7) is 10.8. The van der Waals surface area contributed by atoms with Crippen molar-refractivity contribution in [2.75, 3.05) is 4.31 Å². The second kappa shape index (κ2) is 10.8. The van der Waals surface area contributed by atoms with Gasteiger partial charge in [-0.15, -0.1) is 0 Å². The number of imidazole rings is 1. The number of hydrogen-bond acceptors (Lipinski definition) is 7. The van der Waals surface area contributed by atoms with E-state index in [9.17, 15) is 17.6 Å². The standard InChI is InChI=1S/C28H33FN4O5S/c1-7-8-26-30-24-15-21(11-14-25(24)32(26)17-27(34)37-28(4,5)6)33(16-23-18(2)31-38-19(23)3)39(35,36)22-12-9-20(29)10-13-22/h9-15H,7-8,16-17H2,1-6H3. The van der Waals surface area contributed by atoms with Gasteiger partial charge in [-0.1, -0.05) is 12.1 Å². The Kier molecular flexibility index (Phi) is 7.83. The van der Waals surface area contributed by atoms with Crippen molar-refractivity contribution in [2.45, 2.75) is 78.0 Å². The lowest BCUT2D eigenvalue weighted by atomic mass is 10.2. The van der Waals surface area contributed by atoms with Crippen LogP contribution in [0.5, 0.6) is 0 Å². The van der Waals surface area contributed by atoms with E-state index in [4.69, 9.17) is 14.2 Å². The molecule has 0 saturated carbocycles. The zero-order valence-corrected chi connectivity index (χ0v) is 23.8. The monoisotopic (exact) mass is 556 g/mol. The Labute approximate surface area is 227 Å². The number of anilines is 1. The average molecular weight is 557 g/mol. The van der Waals surface area contributed by atoms with Crippen LogP contribution < -0.4 is 4.31 Å². The van der Waals surface area contributed by atoms with Gasteiger partial charge in [-0.05, 0) is 83.5 Å². The topological polar surface area (TPSA) is 108 Å². The number of hydrogen-bond donors (Lipinski definition) is 0. The molecule has 0 aliphatic rings. The number of fused-ring (bicyclic) bond motifs is 1. The summed E-state index contributed by atoms with van der Waals surface area (Å²) >= 11 is 0. The summed E-state index contributed by atoms with van der Waals surface area (Å²) in [5, 5.41) is 3.96. The lowest BCUT2D eigenvalue weighted by Gasteiger charge is -2.24. The van der Waals surface area contributed by atoms with Gasteiger partial charge >= 0.3 is 5.97 Å². The molecule has 11 heteroatoms. The molecular weight excluding hydrogens is 523 g/mol. The lowest BCUT2D eigenvalue weighted by molar-refractivity contribution is -0.155. The first-order valence-electron chi connectivity index (χ1n) is 12.7. The van der Waals surface area contributed by atoms with Gasteiger partial charge in [-0.25, -0.2) is 17.8 Å². The van der Waals surface area contributed by atoms with E-state index in [-0.39, 0.29) is 24.0 Å². The molecule has 0 aliphatic heterocycles. The van der Waals surface area contributed by atoms with E-state index in [2.05, 4.69) is 5.16 Å². The van der Waals surface area contributed by atoms with Gasteiger partial charge in [-0.3, -0.25) is 9.10 Å². The van der Waals surface area contributed by atoms with Crippen molar-refractivity contribution in [3.8, 4) is 0 Å². The molecule has 0 fully saturated rings. The van der Waals surface area contributed by atoms with E-state index in [0.29, 0.717) is 46.0 Å². The van der Waals surface area contributed by atoms with Gasteiger partial charge in [0.1, 0.15) is 29.5 Å².